The van der Waals surface area contributed by atoms with Crippen molar-refractivity contribution < 1.29 is 17.9 Å². The summed E-state index contributed by atoms with van der Waals surface area (Å²) in [6.07, 6.45) is 0.906. The molecule has 0 spiro atoms. The highest BCUT2D eigenvalue weighted by Gasteiger charge is 2.23. The van der Waals surface area contributed by atoms with Crippen molar-refractivity contribution in [2.45, 2.75) is 22.1 Å². The number of phenolic OH excluding ortho intramolecular Hbond substituents is 1. The first-order chi connectivity index (χ1) is 10.5. The number of hydrogen-bond acceptors (Lipinski definition) is 4. The van der Waals surface area contributed by atoms with E-state index in [9.17, 15) is 17.9 Å². The molecule has 0 bridgehead atoms. The van der Waals surface area contributed by atoms with E-state index in [4.69, 9.17) is 0 Å². The van der Waals surface area contributed by atoms with Crippen LogP contribution >= 0.6 is 12.4 Å². The summed E-state index contributed by atoms with van der Waals surface area (Å²) < 4.78 is 38.2. The second-order valence-electron chi connectivity index (χ2n) is 5.37. The molecule has 0 radical (unpaired) electrons. The van der Waals surface area contributed by atoms with Gasteiger partial charge in [0.2, 0.25) is 9.84 Å². The van der Waals surface area contributed by atoms with Gasteiger partial charge in [0, 0.05) is 12.5 Å². The van der Waals surface area contributed by atoms with Crippen LogP contribution in [0.5, 0.6) is 5.75 Å². The normalized spacial score (nSPS) is 17.7. The van der Waals surface area contributed by atoms with E-state index in [2.05, 4.69) is 5.32 Å². The summed E-state index contributed by atoms with van der Waals surface area (Å²) in [5, 5.41) is 13.4. The summed E-state index contributed by atoms with van der Waals surface area (Å²) >= 11 is 0. The van der Waals surface area contributed by atoms with Crippen LogP contribution in [0.1, 0.15) is 17.9 Å². The van der Waals surface area contributed by atoms with Gasteiger partial charge in [0.1, 0.15) is 11.6 Å². The minimum absolute atomic E-state index is 0. The number of hydrogen-bond donors (Lipinski definition) is 2. The van der Waals surface area contributed by atoms with Gasteiger partial charge in [0.15, 0.2) is 0 Å². The molecule has 0 unspecified atom stereocenters. The Balaban J connectivity index is 0.00000192. The molecule has 1 heterocycles. The Morgan fingerprint density at radius 3 is 2.48 bits per heavy atom. The second kappa shape index (κ2) is 6.86. The van der Waals surface area contributed by atoms with Gasteiger partial charge in [-0.1, -0.05) is 12.1 Å². The molecule has 7 heteroatoms. The number of sulfone groups is 1. The lowest BCUT2D eigenvalue weighted by Crippen LogP contribution is -2.08. The Morgan fingerprint density at radius 1 is 1.13 bits per heavy atom. The Hall–Kier alpha value is -1.63. The molecule has 0 amide bonds. The van der Waals surface area contributed by atoms with Crippen LogP contribution < -0.4 is 5.32 Å². The molecular weight excluding hydrogens is 341 g/mol. The summed E-state index contributed by atoms with van der Waals surface area (Å²) in [5.74, 6) is -0.462. The second-order valence-corrected chi connectivity index (χ2v) is 7.32. The minimum Gasteiger partial charge on any atom is -0.508 e. The maximum Gasteiger partial charge on any atom is 0.206 e. The van der Waals surface area contributed by atoms with Crippen LogP contribution in [0.15, 0.2) is 52.3 Å². The van der Waals surface area contributed by atoms with Crippen molar-refractivity contribution in [2.75, 3.05) is 13.1 Å². The molecule has 1 fully saturated rings. The number of aromatic hydroxyl groups is 1. The average molecular weight is 358 g/mol. The number of benzene rings is 2. The van der Waals surface area contributed by atoms with Gasteiger partial charge in [-0.15, -0.1) is 12.4 Å². The summed E-state index contributed by atoms with van der Waals surface area (Å²) in [5.41, 5.74) is 0.739. The predicted octanol–water partition coefficient (Wildman–Crippen LogP) is 2.86. The zero-order valence-electron chi connectivity index (χ0n) is 12.2. The average Bonchev–Trinajstić information content (AvgIpc) is 3.01. The lowest BCUT2D eigenvalue weighted by molar-refractivity contribution is 0.460. The van der Waals surface area contributed by atoms with E-state index < -0.39 is 15.7 Å². The monoisotopic (exact) mass is 357 g/mol. The number of phenols is 1. The number of halogens is 2. The lowest BCUT2D eigenvalue weighted by atomic mass is 9.98. The lowest BCUT2D eigenvalue weighted by Gasteiger charge is -2.13. The molecule has 1 aliphatic rings. The Bertz CT molecular complexity index is 805. The molecule has 0 aromatic heterocycles. The van der Waals surface area contributed by atoms with E-state index in [-0.39, 0.29) is 33.9 Å². The summed E-state index contributed by atoms with van der Waals surface area (Å²) in [7, 11) is -3.84. The van der Waals surface area contributed by atoms with E-state index in [1.807, 2.05) is 0 Å². The largest absolute Gasteiger partial charge is 0.508 e. The van der Waals surface area contributed by atoms with Crippen LogP contribution in [0.2, 0.25) is 0 Å². The molecule has 2 aromatic rings. The van der Waals surface area contributed by atoms with Crippen LogP contribution in [-0.2, 0) is 9.84 Å². The molecule has 2 N–H and O–H groups in total. The maximum atomic E-state index is 13.2. The SMILES string of the molecule is Cl.O=S(=O)(c1cccc(F)c1)c1ccc([C@@H]2CCNC2)c(O)c1. The van der Waals surface area contributed by atoms with Crippen molar-refractivity contribution >= 4 is 22.2 Å². The first-order valence-electron chi connectivity index (χ1n) is 7.03. The highest BCUT2D eigenvalue weighted by atomic mass is 35.5. The highest BCUT2D eigenvalue weighted by molar-refractivity contribution is 7.91. The molecule has 124 valence electrons. The highest BCUT2D eigenvalue weighted by Crippen LogP contribution is 2.33. The van der Waals surface area contributed by atoms with Crippen molar-refractivity contribution in [3.8, 4) is 5.75 Å². The van der Waals surface area contributed by atoms with Crippen LogP contribution in [0.25, 0.3) is 0 Å². The molecule has 2 aromatic carbocycles. The standard InChI is InChI=1S/C16H16FNO3S.ClH/c17-12-2-1-3-13(8-12)22(20,21)14-4-5-15(16(19)9-14)11-6-7-18-10-11;/h1-5,8-9,11,18-19H,6-7,10H2;1H/t11-;/m1./s1. The zero-order chi connectivity index (χ0) is 15.7. The van der Waals surface area contributed by atoms with E-state index in [1.54, 1.807) is 6.07 Å². The molecule has 1 aliphatic heterocycles. The fraction of sp³-hybridized carbons (Fsp3) is 0.250. The van der Waals surface area contributed by atoms with Crippen molar-refractivity contribution in [3.63, 3.8) is 0 Å². The topological polar surface area (TPSA) is 66.4 Å². The number of rotatable bonds is 3. The number of nitrogens with one attached hydrogen (secondary N) is 1. The summed E-state index contributed by atoms with van der Waals surface area (Å²) in [6.45, 7) is 1.65. The minimum atomic E-state index is -3.84. The summed E-state index contributed by atoms with van der Waals surface area (Å²) in [6, 6.07) is 9.19. The first-order valence-corrected chi connectivity index (χ1v) is 8.51. The molecular formula is C16H17ClFNO3S. The third-order valence-corrected chi connectivity index (χ3v) is 5.67. The maximum absolute atomic E-state index is 13.2. The Morgan fingerprint density at radius 2 is 1.87 bits per heavy atom. The third-order valence-electron chi connectivity index (χ3n) is 3.92. The van der Waals surface area contributed by atoms with Crippen LogP contribution in [-0.4, -0.2) is 26.6 Å². The van der Waals surface area contributed by atoms with E-state index in [0.29, 0.717) is 0 Å². The van der Waals surface area contributed by atoms with Crippen molar-refractivity contribution in [2.24, 2.45) is 0 Å². The van der Waals surface area contributed by atoms with Gasteiger partial charge in [0.25, 0.3) is 0 Å². The molecule has 1 saturated heterocycles. The Labute approximate surface area is 140 Å². The van der Waals surface area contributed by atoms with Gasteiger partial charge >= 0.3 is 0 Å². The van der Waals surface area contributed by atoms with Crippen molar-refractivity contribution in [1.82, 2.24) is 5.32 Å². The third kappa shape index (κ3) is 3.49. The molecule has 3 rings (SSSR count). The van der Waals surface area contributed by atoms with E-state index in [0.717, 1.165) is 31.1 Å². The zero-order valence-corrected chi connectivity index (χ0v) is 13.8. The molecule has 4 nitrogen and oxygen atoms in total. The first kappa shape index (κ1) is 17.7. The predicted molar refractivity (Wildman–Crippen MR) is 87.4 cm³/mol. The van der Waals surface area contributed by atoms with Gasteiger partial charge < -0.3 is 10.4 Å². The van der Waals surface area contributed by atoms with Gasteiger partial charge in [-0.3, -0.25) is 0 Å². The molecule has 0 saturated carbocycles. The smallest absolute Gasteiger partial charge is 0.206 e. The quantitative estimate of drug-likeness (QED) is 0.886. The van der Waals surface area contributed by atoms with E-state index >= 15 is 0 Å². The fourth-order valence-corrected chi connectivity index (χ4v) is 4.04. The van der Waals surface area contributed by atoms with Gasteiger partial charge in [0.05, 0.1) is 9.79 Å². The van der Waals surface area contributed by atoms with Gasteiger partial charge in [-0.25, -0.2) is 12.8 Å². The van der Waals surface area contributed by atoms with Crippen LogP contribution in [0, 0.1) is 5.82 Å². The van der Waals surface area contributed by atoms with Crippen LogP contribution in [0.3, 0.4) is 0 Å². The van der Waals surface area contributed by atoms with Crippen molar-refractivity contribution in [1.29, 1.82) is 0 Å². The van der Waals surface area contributed by atoms with Gasteiger partial charge in [-0.2, -0.15) is 0 Å². The molecule has 1 atom stereocenters. The van der Waals surface area contributed by atoms with E-state index in [1.165, 1.54) is 30.3 Å². The molecule has 0 aliphatic carbocycles. The van der Waals surface area contributed by atoms with Crippen LogP contribution in [0.4, 0.5) is 4.39 Å². The fourth-order valence-electron chi connectivity index (χ4n) is 2.73. The van der Waals surface area contributed by atoms with Crippen molar-refractivity contribution in [3.05, 3.63) is 53.8 Å². The molecule has 23 heavy (non-hydrogen) atoms. The van der Waals surface area contributed by atoms with Gasteiger partial charge in [-0.05, 0) is 48.9 Å². The Kier molecular flexibility index (Phi) is 5.29. The summed E-state index contributed by atoms with van der Waals surface area (Å²) in [4.78, 5) is -0.160.